The zero-order valence-corrected chi connectivity index (χ0v) is 8.16. The van der Waals surface area contributed by atoms with E-state index in [1.807, 2.05) is 31.2 Å². The van der Waals surface area contributed by atoms with Crippen LogP contribution in [-0.2, 0) is 4.79 Å². The molecule has 1 aromatic rings. The number of benzene rings is 1. The fourth-order valence-corrected chi connectivity index (χ4v) is 1.92. The van der Waals surface area contributed by atoms with Crippen LogP contribution < -0.4 is 11.1 Å². The first-order chi connectivity index (χ1) is 6.68. The highest BCUT2D eigenvalue weighted by Gasteiger charge is 2.30. The molecule has 1 saturated heterocycles. The van der Waals surface area contributed by atoms with Crippen molar-refractivity contribution < 1.29 is 4.79 Å². The molecule has 1 heterocycles. The van der Waals surface area contributed by atoms with E-state index in [4.69, 9.17) is 5.73 Å². The molecule has 2 rings (SSSR count). The minimum absolute atomic E-state index is 0.0105. The van der Waals surface area contributed by atoms with Gasteiger partial charge in [0.2, 0.25) is 5.91 Å². The molecule has 0 aromatic heterocycles. The predicted octanol–water partition coefficient (Wildman–Crippen LogP) is 0.883. The minimum atomic E-state index is -0.0939. The van der Waals surface area contributed by atoms with Crippen molar-refractivity contribution in [1.29, 1.82) is 0 Å². The van der Waals surface area contributed by atoms with E-state index in [2.05, 4.69) is 5.32 Å². The zero-order chi connectivity index (χ0) is 10.1. The second kappa shape index (κ2) is 3.42. The normalized spacial score (nSPS) is 26.3. The molecule has 2 atom stereocenters. The molecule has 0 spiro atoms. The highest BCUT2D eigenvalue weighted by Crippen LogP contribution is 2.25. The van der Waals surface area contributed by atoms with Gasteiger partial charge in [-0.1, -0.05) is 24.3 Å². The molecule has 3 heteroatoms. The number of nitrogens with one attached hydrogen (secondary N) is 1. The van der Waals surface area contributed by atoms with Crippen LogP contribution in [0, 0.1) is 6.92 Å². The second-order valence-electron chi connectivity index (χ2n) is 3.77. The average molecular weight is 190 g/mol. The Morgan fingerprint density at radius 1 is 1.43 bits per heavy atom. The Bertz CT molecular complexity index is 362. The summed E-state index contributed by atoms with van der Waals surface area (Å²) in [6, 6.07) is 7.91. The first-order valence-electron chi connectivity index (χ1n) is 4.79. The Morgan fingerprint density at radius 2 is 2.14 bits per heavy atom. The molecule has 74 valence electrons. The summed E-state index contributed by atoms with van der Waals surface area (Å²) < 4.78 is 0. The Morgan fingerprint density at radius 3 is 2.71 bits per heavy atom. The Balaban J connectivity index is 2.32. The van der Waals surface area contributed by atoms with Gasteiger partial charge < -0.3 is 11.1 Å². The van der Waals surface area contributed by atoms with Gasteiger partial charge in [-0.15, -0.1) is 0 Å². The molecule has 0 radical (unpaired) electrons. The van der Waals surface area contributed by atoms with Crippen molar-refractivity contribution in [2.24, 2.45) is 5.73 Å². The third-order valence-corrected chi connectivity index (χ3v) is 2.69. The molecule has 1 amide bonds. The number of rotatable bonds is 1. The summed E-state index contributed by atoms with van der Waals surface area (Å²) in [5.41, 5.74) is 8.19. The molecule has 1 aliphatic heterocycles. The van der Waals surface area contributed by atoms with E-state index in [0.29, 0.717) is 6.42 Å². The van der Waals surface area contributed by atoms with Crippen LogP contribution in [0.4, 0.5) is 0 Å². The van der Waals surface area contributed by atoms with E-state index < -0.39 is 0 Å². The molecule has 3 N–H and O–H groups in total. The van der Waals surface area contributed by atoms with Crippen LogP contribution in [0.1, 0.15) is 23.6 Å². The van der Waals surface area contributed by atoms with Gasteiger partial charge in [-0.25, -0.2) is 0 Å². The Hall–Kier alpha value is -1.35. The summed E-state index contributed by atoms with van der Waals surface area (Å²) >= 11 is 0. The molecule has 0 aliphatic carbocycles. The smallest absolute Gasteiger partial charge is 0.222 e. The summed E-state index contributed by atoms with van der Waals surface area (Å²) in [5, 5.41) is 2.90. The van der Waals surface area contributed by atoms with Crippen molar-refractivity contribution in [3.05, 3.63) is 35.4 Å². The van der Waals surface area contributed by atoms with E-state index in [-0.39, 0.29) is 18.0 Å². The molecular weight excluding hydrogens is 176 g/mol. The molecular formula is C11H14N2O. The van der Waals surface area contributed by atoms with E-state index in [9.17, 15) is 4.79 Å². The lowest BCUT2D eigenvalue weighted by atomic mass is 9.97. The maximum Gasteiger partial charge on any atom is 0.222 e. The van der Waals surface area contributed by atoms with Crippen LogP contribution in [0.25, 0.3) is 0 Å². The van der Waals surface area contributed by atoms with Crippen LogP contribution in [0.2, 0.25) is 0 Å². The average Bonchev–Trinajstić information content (AvgIpc) is 2.46. The highest BCUT2D eigenvalue weighted by molar-refractivity contribution is 5.80. The highest BCUT2D eigenvalue weighted by atomic mass is 16.2. The summed E-state index contributed by atoms with van der Waals surface area (Å²) in [5.74, 6) is 0.0470. The molecule has 1 aliphatic rings. The molecule has 3 nitrogen and oxygen atoms in total. The second-order valence-corrected chi connectivity index (χ2v) is 3.77. The quantitative estimate of drug-likeness (QED) is 0.690. The topological polar surface area (TPSA) is 55.1 Å². The predicted molar refractivity (Wildman–Crippen MR) is 54.7 cm³/mol. The maximum atomic E-state index is 11.2. The summed E-state index contributed by atoms with van der Waals surface area (Å²) in [7, 11) is 0. The van der Waals surface area contributed by atoms with Gasteiger partial charge in [0.15, 0.2) is 0 Å². The molecule has 14 heavy (non-hydrogen) atoms. The number of amides is 1. The number of carbonyl (C=O) groups excluding carboxylic acids is 1. The van der Waals surface area contributed by atoms with Crippen molar-refractivity contribution in [3.63, 3.8) is 0 Å². The van der Waals surface area contributed by atoms with Gasteiger partial charge in [-0.2, -0.15) is 0 Å². The Kier molecular flexibility index (Phi) is 2.25. The lowest BCUT2D eigenvalue weighted by Gasteiger charge is -2.17. The molecule has 1 fully saturated rings. The van der Waals surface area contributed by atoms with E-state index in [1.54, 1.807) is 0 Å². The summed E-state index contributed by atoms with van der Waals surface area (Å²) in [6.07, 6.45) is 0.430. The first-order valence-corrected chi connectivity index (χ1v) is 4.79. The zero-order valence-electron chi connectivity index (χ0n) is 8.16. The molecule has 0 saturated carbocycles. The van der Waals surface area contributed by atoms with Gasteiger partial charge in [0.1, 0.15) is 0 Å². The van der Waals surface area contributed by atoms with E-state index >= 15 is 0 Å². The van der Waals surface area contributed by atoms with Crippen LogP contribution >= 0.6 is 0 Å². The monoisotopic (exact) mass is 190 g/mol. The number of aryl methyl sites for hydroxylation is 1. The third kappa shape index (κ3) is 1.51. The lowest BCUT2D eigenvalue weighted by Crippen LogP contribution is -2.29. The van der Waals surface area contributed by atoms with Crippen LogP contribution in [0.15, 0.2) is 24.3 Å². The Labute approximate surface area is 83.3 Å². The molecule has 1 aromatic carbocycles. The van der Waals surface area contributed by atoms with Crippen LogP contribution in [0.3, 0.4) is 0 Å². The summed E-state index contributed by atoms with van der Waals surface area (Å²) in [4.78, 5) is 11.2. The largest absolute Gasteiger partial charge is 0.348 e. The van der Waals surface area contributed by atoms with Crippen LogP contribution in [-0.4, -0.2) is 11.9 Å². The third-order valence-electron chi connectivity index (χ3n) is 2.69. The standard InChI is InChI=1S/C11H14N2O/c1-7-4-2-3-5-8(7)11-9(12)6-10(14)13-11/h2-5,9,11H,6,12H2,1H3,(H,13,14). The van der Waals surface area contributed by atoms with Gasteiger partial charge in [0.05, 0.1) is 6.04 Å². The van der Waals surface area contributed by atoms with Crippen molar-refractivity contribution >= 4 is 5.91 Å². The van der Waals surface area contributed by atoms with Gasteiger partial charge in [-0.05, 0) is 18.1 Å². The fourth-order valence-electron chi connectivity index (χ4n) is 1.92. The van der Waals surface area contributed by atoms with E-state index in [1.165, 1.54) is 5.56 Å². The van der Waals surface area contributed by atoms with Crippen molar-refractivity contribution in [3.8, 4) is 0 Å². The van der Waals surface area contributed by atoms with Crippen molar-refractivity contribution in [1.82, 2.24) is 5.32 Å². The summed E-state index contributed by atoms with van der Waals surface area (Å²) in [6.45, 7) is 2.03. The molecule has 2 unspecified atom stereocenters. The SMILES string of the molecule is Cc1ccccc1C1NC(=O)CC1N. The van der Waals surface area contributed by atoms with Gasteiger partial charge >= 0.3 is 0 Å². The van der Waals surface area contributed by atoms with Gasteiger partial charge in [-0.3, -0.25) is 4.79 Å². The fraction of sp³-hybridized carbons (Fsp3) is 0.364. The first kappa shape index (κ1) is 9.21. The van der Waals surface area contributed by atoms with Crippen molar-refractivity contribution in [2.75, 3.05) is 0 Å². The van der Waals surface area contributed by atoms with E-state index in [0.717, 1.165) is 5.56 Å². The number of nitrogens with two attached hydrogens (primary N) is 1. The minimum Gasteiger partial charge on any atom is -0.348 e. The maximum absolute atomic E-state index is 11.2. The van der Waals surface area contributed by atoms with Crippen molar-refractivity contribution in [2.45, 2.75) is 25.4 Å². The number of hydrogen-bond donors (Lipinski definition) is 2. The van der Waals surface area contributed by atoms with Crippen LogP contribution in [0.5, 0.6) is 0 Å². The number of carbonyl (C=O) groups is 1. The van der Waals surface area contributed by atoms with Gasteiger partial charge in [0.25, 0.3) is 0 Å². The molecule has 0 bridgehead atoms. The van der Waals surface area contributed by atoms with Gasteiger partial charge in [0, 0.05) is 12.5 Å². The number of hydrogen-bond acceptors (Lipinski definition) is 2. The lowest BCUT2D eigenvalue weighted by molar-refractivity contribution is -0.119.